The van der Waals surface area contributed by atoms with E-state index in [1.54, 1.807) is 11.3 Å². The highest BCUT2D eigenvalue weighted by atomic mass is 32.1. The molecule has 0 saturated carbocycles. The molecule has 0 spiro atoms. The Labute approximate surface area is 100 Å². The molecule has 0 unspecified atom stereocenters. The summed E-state index contributed by atoms with van der Waals surface area (Å²) in [6.45, 7) is 9.47. The summed E-state index contributed by atoms with van der Waals surface area (Å²) in [7, 11) is 0. The molecule has 2 aromatic heterocycles. The van der Waals surface area contributed by atoms with Crippen molar-refractivity contribution >= 4 is 11.3 Å². The van der Waals surface area contributed by atoms with E-state index in [-0.39, 0.29) is 5.41 Å². The Hall–Kier alpha value is -1.16. The lowest BCUT2D eigenvalue weighted by molar-refractivity contribution is 0.588. The van der Waals surface area contributed by atoms with Gasteiger partial charge in [0, 0.05) is 11.1 Å². The highest BCUT2D eigenvalue weighted by Gasteiger charge is 2.15. The van der Waals surface area contributed by atoms with E-state index in [4.69, 9.17) is 0 Å². The molecule has 86 valence electrons. The lowest BCUT2D eigenvalue weighted by Crippen LogP contribution is -2.09. The van der Waals surface area contributed by atoms with E-state index < -0.39 is 0 Å². The van der Waals surface area contributed by atoms with Gasteiger partial charge >= 0.3 is 0 Å². The molecule has 0 aromatic carbocycles. The van der Waals surface area contributed by atoms with Crippen LogP contribution in [0.3, 0.4) is 0 Å². The monoisotopic (exact) mass is 235 g/mol. The van der Waals surface area contributed by atoms with Gasteiger partial charge < -0.3 is 0 Å². The molecule has 3 nitrogen and oxygen atoms in total. The Balaban J connectivity index is 2.18. The molecule has 2 aromatic rings. The van der Waals surface area contributed by atoms with Gasteiger partial charge in [-0.05, 0) is 17.9 Å². The Bertz CT molecular complexity index is 476. The predicted octanol–water partition coefficient (Wildman–Crippen LogP) is 2.99. The standard InChI is InChI=1S/C12H17N3S/c1-9-11(16-8-13-9)7-15-6-10(5-14-15)12(2,3)4/h5-6,8H,7H2,1-4H3. The van der Waals surface area contributed by atoms with E-state index in [1.165, 1.54) is 10.4 Å². The lowest BCUT2D eigenvalue weighted by atomic mass is 9.90. The molecule has 0 N–H and O–H groups in total. The molecule has 0 bridgehead atoms. The third-order valence-electron chi connectivity index (χ3n) is 2.65. The minimum absolute atomic E-state index is 0.168. The molecule has 2 rings (SSSR count). The fourth-order valence-electron chi connectivity index (χ4n) is 1.46. The molecule has 0 aliphatic rings. The van der Waals surface area contributed by atoms with Crippen molar-refractivity contribution in [3.8, 4) is 0 Å². The summed E-state index contributed by atoms with van der Waals surface area (Å²) in [5.41, 5.74) is 4.44. The molecule has 16 heavy (non-hydrogen) atoms. The molecule has 0 radical (unpaired) electrons. The van der Waals surface area contributed by atoms with Crippen molar-refractivity contribution in [3.63, 3.8) is 0 Å². The van der Waals surface area contributed by atoms with Gasteiger partial charge in [-0.2, -0.15) is 5.10 Å². The van der Waals surface area contributed by atoms with Gasteiger partial charge in [-0.25, -0.2) is 4.98 Å². The second-order valence-corrected chi connectivity index (χ2v) is 5.98. The van der Waals surface area contributed by atoms with Gasteiger partial charge in [0.05, 0.1) is 23.9 Å². The minimum Gasteiger partial charge on any atom is -0.267 e. The SMILES string of the molecule is Cc1ncsc1Cn1cc(C(C)(C)C)cn1. The Morgan fingerprint density at radius 3 is 2.62 bits per heavy atom. The fraction of sp³-hybridized carbons (Fsp3) is 0.500. The van der Waals surface area contributed by atoms with Gasteiger partial charge in [-0.15, -0.1) is 11.3 Å². The number of thiazole rings is 1. The van der Waals surface area contributed by atoms with Crippen molar-refractivity contribution < 1.29 is 0 Å². The highest BCUT2D eigenvalue weighted by molar-refractivity contribution is 7.09. The van der Waals surface area contributed by atoms with Gasteiger partial charge in [0.1, 0.15) is 0 Å². The van der Waals surface area contributed by atoms with E-state index in [2.05, 4.69) is 37.1 Å². The third kappa shape index (κ3) is 2.32. The zero-order valence-corrected chi connectivity index (χ0v) is 11.0. The number of aryl methyl sites for hydroxylation is 1. The van der Waals surface area contributed by atoms with Crippen LogP contribution < -0.4 is 0 Å². The first kappa shape index (κ1) is 11.3. The van der Waals surface area contributed by atoms with Crippen LogP contribution in [0, 0.1) is 6.92 Å². The first-order valence-corrected chi connectivity index (χ1v) is 6.26. The van der Waals surface area contributed by atoms with Crippen LogP contribution in [0.25, 0.3) is 0 Å². The third-order valence-corrected chi connectivity index (χ3v) is 3.57. The van der Waals surface area contributed by atoms with Crippen LogP contribution in [-0.2, 0) is 12.0 Å². The van der Waals surface area contributed by atoms with Crippen LogP contribution in [0.2, 0.25) is 0 Å². The van der Waals surface area contributed by atoms with Crippen molar-refractivity contribution in [3.05, 3.63) is 34.0 Å². The largest absolute Gasteiger partial charge is 0.267 e. The predicted molar refractivity (Wildman–Crippen MR) is 66.9 cm³/mol. The average molecular weight is 235 g/mol. The number of rotatable bonds is 2. The maximum atomic E-state index is 4.39. The molecule has 2 heterocycles. The highest BCUT2D eigenvalue weighted by Crippen LogP contribution is 2.22. The number of aromatic nitrogens is 3. The topological polar surface area (TPSA) is 30.7 Å². The van der Waals surface area contributed by atoms with Gasteiger partial charge in [0.2, 0.25) is 0 Å². The molecule has 0 atom stereocenters. The normalized spacial score (nSPS) is 12.0. The molecule has 4 heteroatoms. The van der Waals surface area contributed by atoms with Crippen LogP contribution in [0.1, 0.15) is 36.9 Å². The molecular weight excluding hydrogens is 218 g/mol. The summed E-state index contributed by atoms with van der Waals surface area (Å²) in [5.74, 6) is 0. The van der Waals surface area contributed by atoms with Gasteiger partial charge in [0.15, 0.2) is 0 Å². The summed E-state index contributed by atoms with van der Waals surface area (Å²) in [5, 5.41) is 4.39. The second-order valence-electron chi connectivity index (χ2n) is 5.04. The van der Waals surface area contributed by atoms with E-state index in [9.17, 15) is 0 Å². The second kappa shape index (κ2) is 4.01. The van der Waals surface area contributed by atoms with Crippen molar-refractivity contribution in [1.29, 1.82) is 0 Å². The van der Waals surface area contributed by atoms with E-state index >= 15 is 0 Å². The smallest absolute Gasteiger partial charge is 0.0798 e. The van der Waals surface area contributed by atoms with E-state index in [1.807, 2.05) is 23.3 Å². The Kier molecular flexibility index (Phi) is 2.84. The van der Waals surface area contributed by atoms with E-state index in [0.717, 1.165) is 12.2 Å². The van der Waals surface area contributed by atoms with Crippen molar-refractivity contribution in [1.82, 2.24) is 14.8 Å². The summed E-state index contributed by atoms with van der Waals surface area (Å²) in [6.07, 6.45) is 4.08. The Morgan fingerprint density at radius 1 is 1.38 bits per heavy atom. The van der Waals surface area contributed by atoms with Crippen LogP contribution >= 0.6 is 11.3 Å². The van der Waals surface area contributed by atoms with Crippen molar-refractivity contribution in [2.75, 3.05) is 0 Å². The first-order valence-electron chi connectivity index (χ1n) is 5.39. The van der Waals surface area contributed by atoms with Crippen LogP contribution in [0.15, 0.2) is 17.9 Å². The van der Waals surface area contributed by atoms with Crippen molar-refractivity contribution in [2.45, 2.75) is 39.7 Å². The molecule has 0 aliphatic heterocycles. The molecule has 0 aliphatic carbocycles. The van der Waals surface area contributed by atoms with Gasteiger partial charge in [-0.3, -0.25) is 4.68 Å². The summed E-state index contributed by atoms with van der Waals surface area (Å²) < 4.78 is 1.99. The van der Waals surface area contributed by atoms with Crippen molar-refractivity contribution in [2.24, 2.45) is 0 Å². The van der Waals surface area contributed by atoms with E-state index in [0.29, 0.717) is 0 Å². The van der Waals surface area contributed by atoms with Gasteiger partial charge in [-0.1, -0.05) is 20.8 Å². The summed E-state index contributed by atoms with van der Waals surface area (Å²) in [4.78, 5) is 5.53. The maximum Gasteiger partial charge on any atom is 0.0798 e. The number of hydrogen-bond donors (Lipinski definition) is 0. The zero-order valence-electron chi connectivity index (χ0n) is 10.2. The van der Waals surface area contributed by atoms with Crippen LogP contribution in [0.5, 0.6) is 0 Å². The summed E-state index contributed by atoms with van der Waals surface area (Å²) >= 11 is 1.69. The maximum absolute atomic E-state index is 4.39. The Morgan fingerprint density at radius 2 is 2.12 bits per heavy atom. The quantitative estimate of drug-likeness (QED) is 0.801. The summed E-state index contributed by atoms with van der Waals surface area (Å²) in [6, 6.07) is 0. The minimum atomic E-state index is 0.168. The zero-order chi connectivity index (χ0) is 11.8. The van der Waals surface area contributed by atoms with Crippen LogP contribution in [0.4, 0.5) is 0 Å². The number of hydrogen-bond acceptors (Lipinski definition) is 3. The lowest BCUT2D eigenvalue weighted by Gasteiger charge is -2.14. The number of nitrogens with zero attached hydrogens (tertiary/aromatic N) is 3. The molecule has 0 saturated heterocycles. The molecule has 0 amide bonds. The van der Waals surface area contributed by atoms with Gasteiger partial charge in [0.25, 0.3) is 0 Å². The molecular formula is C12H17N3S. The fourth-order valence-corrected chi connectivity index (χ4v) is 2.23. The molecule has 0 fully saturated rings. The van der Waals surface area contributed by atoms with Crippen LogP contribution in [-0.4, -0.2) is 14.8 Å². The average Bonchev–Trinajstić information content (AvgIpc) is 2.76. The first-order chi connectivity index (χ1) is 7.47.